The van der Waals surface area contributed by atoms with Gasteiger partial charge in [0.2, 0.25) is 5.91 Å². The fourth-order valence-electron chi connectivity index (χ4n) is 3.22. The summed E-state index contributed by atoms with van der Waals surface area (Å²) in [5, 5.41) is 2.96. The molecule has 5 nitrogen and oxygen atoms in total. The van der Waals surface area contributed by atoms with E-state index in [2.05, 4.69) is 40.2 Å². The van der Waals surface area contributed by atoms with Crippen LogP contribution in [-0.4, -0.2) is 29.2 Å². The standard InChI is InChI=1S/C21H25N3O2/c1-16(22-20(25)15-26-2)21-23-18-12-6-7-13-19(18)24(21)14-8-11-17-9-4-3-5-10-17/h3-7,9-10,12-13,16H,8,11,14-15H2,1-2H3,(H,22,25). The van der Waals surface area contributed by atoms with Crippen molar-refractivity contribution < 1.29 is 9.53 Å². The Bertz CT molecular complexity index is 858. The van der Waals surface area contributed by atoms with Crippen LogP contribution in [0, 0.1) is 0 Å². The van der Waals surface area contributed by atoms with Gasteiger partial charge in [-0.05, 0) is 37.5 Å². The summed E-state index contributed by atoms with van der Waals surface area (Å²) in [5.41, 5.74) is 3.39. The highest BCUT2D eigenvalue weighted by atomic mass is 16.5. The van der Waals surface area contributed by atoms with E-state index in [1.54, 1.807) is 0 Å². The predicted molar refractivity (Wildman–Crippen MR) is 103 cm³/mol. The predicted octanol–water partition coefficient (Wildman–Crippen LogP) is 3.49. The molecule has 0 bridgehead atoms. The van der Waals surface area contributed by atoms with Crippen LogP contribution in [-0.2, 0) is 22.5 Å². The smallest absolute Gasteiger partial charge is 0.246 e. The molecule has 1 aromatic heterocycles. The number of nitrogens with one attached hydrogen (secondary N) is 1. The van der Waals surface area contributed by atoms with Gasteiger partial charge in [-0.15, -0.1) is 0 Å². The van der Waals surface area contributed by atoms with E-state index in [0.29, 0.717) is 0 Å². The fraction of sp³-hybridized carbons (Fsp3) is 0.333. The molecule has 5 heteroatoms. The van der Waals surface area contributed by atoms with Crippen molar-refractivity contribution in [1.29, 1.82) is 0 Å². The molecule has 3 rings (SSSR count). The SMILES string of the molecule is COCC(=O)NC(C)c1nc2ccccc2n1CCCc1ccccc1. The second kappa shape index (κ2) is 8.63. The minimum Gasteiger partial charge on any atom is -0.375 e. The third kappa shape index (κ3) is 4.29. The Kier molecular flexibility index (Phi) is 6.02. The van der Waals surface area contributed by atoms with Crippen LogP contribution in [0.3, 0.4) is 0 Å². The van der Waals surface area contributed by atoms with Crippen LogP contribution in [0.1, 0.15) is 30.8 Å². The Balaban J connectivity index is 1.79. The van der Waals surface area contributed by atoms with E-state index in [1.165, 1.54) is 12.7 Å². The van der Waals surface area contributed by atoms with Crippen LogP contribution in [0.25, 0.3) is 11.0 Å². The molecule has 136 valence electrons. The maximum Gasteiger partial charge on any atom is 0.246 e. The van der Waals surface area contributed by atoms with Crippen LogP contribution in [0.2, 0.25) is 0 Å². The number of para-hydroxylation sites is 2. The van der Waals surface area contributed by atoms with E-state index in [0.717, 1.165) is 36.2 Å². The molecule has 1 N–H and O–H groups in total. The number of carbonyl (C=O) groups is 1. The highest BCUT2D eigenvalue weighted by molar-refractivity contribution is 5.78. The van der Waals surface area contributed by atoms with Crippen LogP contribution >= 0.6 is 0 Å². The van der Waals surface area contributed by atoms with Gasteiger partial charge in [-0.2, -0.15) is 0 Å². The lowest BCUT2D eigenvalue weighted by Gasteiger charge is -2.16. The van der Waals surface area contributed by atoms with Gasteiger partial charge in [-0.1, -0.05) is 42.5 Å². The third-order valence-electron chi connectivity index (χ3n) is 4.41. The van der Waals surface area contributed by atoms with Gasteiger partial charge < -0.3 is 14.6 Å². The van der Waals surface area contributed by atoms with Crippen LogP contribution in [0.15, 0.2) is 54.6 Å². The van der Waals surface area contributed by atoms with Gasteiger partial charge >= 0.3 is 0 Å². The average Bonchev–Trinajstić information content (AvgIpc) is 3.02. The molecule has 2 aromatic carbocycles. The van der Waals surface area contributed by atoms with Gasteiger partial charge in [0, 0.05) is 13.7 Å². The summed E-state index contributed by atoms with van der Waals surface area (Å²) < 4.78 is 7.12. The number of carbonyl (C=O) groups excluding carboxylic acids is 1. The highest BCUT2D eigenvalue weighted by Gasteiger charge is 2.18. The first-order valence-electron chi connectivity index (χ1n) is 8.96. The molecular weight excluding hydrogens is 326 g/mol. The molecule has 0 spiro atoms. The molecule has 0 radical (unpaired) electrons. The number of nitrogens with zero attached hydrogens (tertiary/aromatic N) is 2. The molecule has 0 saturated heterocycles. The van der Waals surface area contributed by atoms with E-state index < -0.39 is 0 Å². The van der Waals surface area contributed by atoms with Gasteiger partial charge in [0.05, 0.1) is 17.1 Å². The topological polar surface area (TPSA) is 56.1 Å². The number of hydrogen-bond acceptors (Lipinski definition) is 3. The zero-order valence-corrected chi connectivity index (χ0v) is 15.3. The van der Waals surface area contributed by atoms with Crippen molar-refractivity contribution in [3.63, 3.8) is 0 Å². The van der Waals surface area contributed by atoms with E-state index in [1.807, 2.05) is 31.2 Å². The number of amides is 1. The first-order valence-corrected chi connectivity index (χ1v) is 8.96. The van der Waals surface area contributed by atoms with Gasteiger partial charge in [-0.3, -0.25) is 4.79 Å². The first-order chi connectivity index (χ1) is 12.7. The Morgan fingerprint density at radius 2 is 1.88 bits per heavy atom. The molecule has 0 fully saturated rings. The second-order valence-corrected chi connectivity index (χ2v) is 6.42. The third-order valence-corrected chi connectivity index (χ3v) is 4.41. The molecule has 26 heavy (non-hydrogen) atoms. The van der Waals surface area contributed by atoms with Crippen molar-refractivity contribution in [2.24, 2.45) is 0 Å². The van der Waals surface area contributed by atoms with Crippen molar-refractivity contribution in [3.8, 4) is 0 Å². The normalized spacial score (nSPS) is 12.2. The van der Waals surface area contributed by atoms with Gasteiger partial charge in [-0.25, -0.2) is 4.98 Å². The lowest BCUT2D eigenvalue weighted by Crippen LogP contribution is -2.31. The van der Waals surface area contributed by atoms with Crippen molar-refractivity contribution in [2.75, 3.05) is 13.7 Å². The largest absolute Gasteiger partial charge is 0.375 e. The molecule has 1 amide bonds. The summed E-state index contributed by atoms with van der Waals surface area (Å²) in [7, 11) is 1.52. The lowest BCUT2D eigenvalue weighted by atomic mass is 10.1. The Morgan fingerprint density at radius 3 is 2.65 bits per heavy atom. The Morgan fingerprint density at radius 1 is 1.15 bits per heavy atom. The zero-order chi connectivity index (χ0) is 18.4. The fourth-order valence-corrected chi connectivity index (χ4v) is 3.22. The summed E-state index contributed by atoms with van der Waals surface area (Å²) >= 11 is 0. The van der Waals surface area contributed by atoms with Crippen LogP contribution in [0.4, 0.5) is 0 Å². The summed E-state index contributed by atoms with van der Waals surface area (Å²) in [4.78, 5) is 16.6. The van der Waals surface area contributed by atoms with Gasteiger partial charge in [0.15, 0.2) is 0 Å². The number of rotatable bonds is 8. The molecule has 0 aliphatic carbocycles. The van der Waals surface area contributed by atoms with E-state index in [4.69, 9.17) is 9.72 Å². The molecule has 0 aliphatic heterocycles. The number of imidazole rings is 1. The molecule has 3 aromatic rings. The highest BCUT2D eigenvalue weighted by Crippen LogP contribution is 2.21. The van der Waals surface area contributed by atoms with Crippen molar-refractivity contribution in [1.82, 2.24) is 14.9 Å². The molecule has 1 heterocycles. The van der Waals surface area contributed by atoms with Crippen LogP contribution < -0.4 is 5.32 Å². The quantitative estimate of drug-likeness (QED) is 0.676. The number of ether oxygens (including phenoxy) is 1. The number of hydrogen-bond donors (Lipinski definition) is 1. The van der Waals surface area contributed by atoms with Gasteiger partial charge in [0.25, 0.3) is 0 Å². The maximum absolute atomic E-state index is 11.9. The number of fused-ring (bicyclic) bond motifs is 1. The molecule has 1 atom stereocenters. The number of aromatic nitrogens is 2. The van der Waals surface area contributed by atoms with Crippen LogP contribution in [0.5, 0.6) is 0 Å². The molecular formula is C21H25N3O2. The Labute approximate surface area is 154 Å². The Hall–Kier alpha value is -2.66. The molecule has 1 unspecified atom stereocenters. The summed E-state index contributed by atoms with van der Waals surface area (Å²) in [6.45, 7) is 2.87. The van der Waals surface area contributed by atoms with E-state index in [9.17, 15) is 4.79 Å². The minimum absolute atomic E-state index is 0.0541. The summed E-state index contributed by atoms with van der Waals surface area (Å²) in [6, 6.07) is 18.4. The first kappa shape index (κ1) is 18.1. The van der Waals surface area contributed by atoms with Gasteiger partial charge in [0.1, 0.15) is 12.4 Å². The lowest BCUT2D eigenvalue weighted by molar-refractivity contribution is -0.125. The minimum atomic E-state index is -0.179. The average molecular weight is 351 g/mol. The zero-order valence-electron chi connectivity index (χ0n) is 15.3. The number of methoxy groups -OCH3 is 1. The number of aryl methyl sites for hydroxylation is 2. The van der Waals surface area contributed by atoms with E-state index in [-0.39, 0.29) is 18.6 Å². The monoisotopic (exact) mass is 351 g/mol. The van der Waals surface area contributed by atoms with Crippen molar-refractivity contribution >= 4 is 16.9 Å². The summed E-state index contributed by atoms with van der Waals surface area (Å²) in [5.74, 6) is 0.742. The maximum atomic E-state index is 11.9. The van der Waals surface area contributed by atoms with Crippen molar-refractivity contribution in [2.45, 2.75) is 32.4 Å². The van der Waals surface area contributed by atoms with Crippen molar-refractivity contribution in [3.05, 3.63) is 66.0 Å². The summed E-state index contributed by atoms with van der Waals surface area (Å²) in [6.07, 6.45) is 2.02. The molecule has 0 aliphatic rings. The molecule has 0 saturated carbocycles. The van der Waals surface area contributed by atoms with E-state index >= 15 is 0 Å². The number of benzene rings is 2. The second-order valence-electron chi connectivity index (χ2n) is 6.42.